The zero-order valence-electron chi connectivity index (χ0n) is 23.5. The first-order valence-electron chi connectivity index (χ1n) is 13.3. The molecule has 2 amide bonds. The van der Waals surface area contributed by atoms with Crippen LogP contribution >= 0.6 is 23.4 Å². The summed E-state index contributed by atoms with van der Waals surface area (Å²) in [6.07, 6.45) is 0. The summed E-state index contributed by atoms with van der Waals surface area (Å²) in [6.45, 7) is 0.471. The van der Waals surface area contributed by atoms with E-state index in [9.17, 15) is 9.59 Å². The molecule has 4 aromatic rings. The number of para-hydroxylation sites is 1. The van der Waals surface area contributed by atoms with E-state index in [1.54, 1.807) is 32.1 Å². The van der Waals surface area contributed by atoms with Gasteiger partial charge in [0.15, 0.2) is 0 Å². The van der Waals surface area contributed by atoms with Crippen LogP contribution in [0, 0.1) is 0 Å². The van der Waals surface area contributed by atoms with Gasteiger partial charge in [0.1, 0.15) is 23.9 Å². The number of methoxy groups -OCH3 is 3. The van der Waals surface area contributed by atoms with Crippen molar-refractivity contribution < 1.29 is 23.8 Å². The number of hydrogen-bond acceptors (Lipinski definition) is 7. The van der Waals surface area contributed by atoms with Gasteiger partial charge in [0.2, 0.25) is 11.8 Å². The van der Waals surface area contributed by atoms with E-state index in [4.69, 9.17) is 30.9 Å². The Morgan fingerprint density at radius 2 is 1.81 bits per heavy atom. The highest BCUT2D eigenvalue weighted by atomic mass is 35.5. The number of carbonyl (C=O) groups excluding carboxylic acids is 2. The van der Waals surface area contributed by atoms with Crippen molar-refractivity contribution in [2.75, 3.05) is 51.7 Å². The molecular formula is C31H31ClN4O5S. The van der Waals surface area contributed by atoms with Gasteiger partial charge in [-0.05, 0) is 30.3 Å². The fourth-order valence-corrected chi connectivity index (χ4v) is 6.33. The van der Waals surface area contributed by atoms with Gasteiger partial charge in [-0.2, -0.15) is 5.10 Å². The molecule has 0 saturated carbocycles. The Labute approximate surface area is 253 Å². The Morgan fingerprint density at radius 3 is 2.52 bits per heavy atom. The van der Waals surface area contributed by atoms with Crippen LogP contribution in [-0.4, -0.2) is 68.4 Å². The number of aromatic nitrogens is 2. The molecule has 0 bridgehead atoms. The van der Waals surface area contributed by atoms with E-state index in [1.807, 2.05) is 66.7 Å². The lowest BCUT2D eigenvalue weighted by Gasteiger charge is -2.24. The predicted molar refractivity (Wildman–Crippen MR) is 165 cm³/mol. The lowest BCUT2D eigenvalue weighted by Crippen LogP contribution is -2.43. The Balaban J connectivity index is 1.80. The molecule has 0 fully saturated rings. The lowest BCUT2D eigenvalue weighted by molar-refractivity contribution is -0.123. The van der Waals surface area contributed by atoms with Gasteiger partial charge in [-0.1, -0.05) is 54.1 Å². The summed E-state index contributed by atoms with van der Waals surface area (Å²) in [5.41, 5.74) is 3.67. The molecule has 0 radical (unpaired) electrons. The summed E-state index contributed by atoms with van der Waals surface area (Å²) < 4.78 is 18.1. The van der Waals surface area contributed by atoms with Crippen LogP contribution in [0.1, 0.15) is 16.4 Å². The number of nitrogens with zero attached hydrogens (tertiary/aromatic N) is 3. The molecule has 1 aliphatic rings. The van der Waals surface area contributed by atoms with Gasteiger partial charge < -0.3 is 19.5 Å². The van der Waals surface area contributed by atoms with Gasteiger partial charge in [0, 0.05) is 30.3 Å². The first-order valence-corrected chi connectivity index (χ1v) is 14.7. The number of rotatable bonds is 10. The average Bonchev–Trinajstić information content (AvgIpc) is 3.33. The van der Waals surface area contributed by atoms with Crippen molar-refractivity contribution in [2.45, 2.75) is 5.25 Å². The fraction of sp³-hybridized carbons (Fsp3) is 0.258. The number of carbonyl (C=O) groups is 2. The van der Waals surface area contributed by atoms with Crippen LogP contribution in [0.5, 0.6) is 11.5 Å². The van der Waals surface area contributed by atoms with Gasteiger partial charge in [0.25, 0.3) is 0 Å². The second-order valence-corrected chi connectivity index (χ2v) is 10.9. The number of ether oxygens (including phenoxy) is 3. The minimum atomic E-state index is -0.401. The molecule has 0 aliphatic carbocycles. The van der Waals surface area contributed by atoms with Gasteiger partial charge in [-0.15, -0.1) is 11.8 Å². The van der Waals surface area contributed by atoms with Gasteiger partial charge in [-0.25, -0.2) is 4.68 Å². The topological polar surface area (TPSA) is 94.9 Å². The molecule has 1 aromatic heterocycles. The number of hydrogen-bond donors (Lipinski definition) is 1. The zero-order chi connectivity index (χ0) is 29.6. The molecule has 1 N–H and O–H groups in total. The predicted octanol–water partition coefficient (Wildman–Crippen LogP) is 5.14. The summed E-state index contributed by atoms with van der Waals surface area (Å²) in [5.74, 6) is 1.32. The smallest absolute Gasteiger partial charge is 0.240 e. The molecule has 218 valence electrons. The van der Waals surface area contributed by atoms with E-state index in [0.717, 1.165) is 16.7 Å². The minimum Gasteiger partial charge on any atom is -0.497 e. The summed E-state index contributed by atoms with van der Waals surface area (Å²) in [7, 11) is 4.78. The summed E-state index contributed by atoms with van der Waals surface area (Å²) in [5, 5.41) is 7.96. The maximum Gasteiger partial charge on any atom is 0.240 e. The van der Waals surface area contributed by atoms with Gasteiger partial charge in [0.05, 0.1) is 48.2 Å². The molecule has 1 atom stereocenters. The maximum atomic E-state index is 13.9. The molecule has 5 rings (SSSR count). The first kappa shape index (κ1) is 29.5. The number of fused-ring (bicyclic) bond motifs is 1. The molecule has 1 aliphatic heterocycles. The van der Waals surface area contributed by atoms with E-state index >= 15 is 0 Å². The highest BCUT2D eigenvalue weighted by Gasteiger charge is 2.39. The van der Waals surface area contributed by atoms with E-state index in [0.29, 0.717) is 46.9 Å². The zero-order valence-corrected chi connectivity index (χ0v) is 25.1. The van der Waals surface area contributed by atoms with E-state index in [2.05, 4.69) is 5.32 Å². The van der Waals surface area contributed by atoms with Crippen LogP contribution in [0.3, 0.4) is 0 Å². The molecular weight excluding hydrogens is 576 g/mol. The van der Waals surface area contributed by atoms with E-state index in [1.165, 1.54) is 16.7 Å². The number of amides is 2. The molecule has 0 spiro atoms. The number of benzene rings is 3. The maximum absolute atomic E-state index is 13.9. The Bertz CT molecular complexity index is 1580. The first-order chi connectivity index (χ1) is 20.5. The Hall–Kier alpha value is -3.99. The third kappa shape index (κ3) is 5.97. The fourth-order valence-electron chi connectivity index (χ4n) is 4.90. The average molecular weight is 607 g/mol. The molecule has 42 heavy (non-hydrogen) atoms. The minimum absolute atomic E-state index is 0.113. The van der Waals surface area contributed by atoms with Crippen molar-refractivity contribution in [3.8, 4) is 28.4 Å². The van der Waals surface area contributed by atoms with Gasteiger partial charge in [-0.3, -0.25) is 14.5 Å². The van der Waals surface area contributed by atoms with Crippen molar-refractivity contribution in [2.24, 2.45) is 0 Å². The van der Waals surface area contributed by atoms with Crippen molar-refractivity contribution in [1.82, 2.24) is 15.1 Å². The van der Waals surface area contributed by atoms with Crippen molar-refractivity contribution in [1.29, 1.82) is 0 Å². The number of nitrogens with one attached hydrogen (secondary N) is 1. The van der Waals surface area contributed by atoms with E-state index < -0.39 is 5.25 Å². The highest BCUT2D eigenvalue weighted by Crippen LogP contribution is 2.51. The lowest BCUT2D eigenvalue weighted by atomic mass is 9.98. The molecule has 9 nitrogen and oxygen atoms in total. The summed E-state index contributed by atoms with van der Waals surface area (Å²) in [6, 6.07) is 22.6. The molecule has 0 saturated heterocycles. The highest BCUT2D eigenvalue weighted by molar-refractivity contribution is 8.00. The Morgan fingerprint density at radius 1 is 1.05 bits per heavy atom. The SMILES string of the molecule is COCCNC(=O)CN1C(=O)CSC(c2cc(OC)ccc2OC)c2c(-c3ccccc3)nn(-c3ccccc3Cl)c21. The van der Waals surface area contributed by atoms with E-state index in [-0.39, 0.29) is 24.1 Å². The number of anilines is 1. The normalized spacial score (nSPS) is 14.7. The number of halogens is 1. The van der Waals surface area contributed by atoms with Crippen molar-refractivity contribution >= 4 is 41.0 Å². The standard InChI is InChI=1S/C31H31ClN4O5S/c1-39-16-15-33-26(37)18-35-27(38)19-42-30(22-17-21(40-2)13-14-25(22)41-3)28-29(20-9-5-4-6-10-20)34-36(31(28)35)24-12-8-7-11-23(24)32/h4-14,17,30H,15-16,18-19H2,1-3H3,(H,33,37). The van der Waals surface area contributed by atoms with Crippen LogP contribution in [0.4, 0.5) is 5.82 Å². The molecule has 3 aromatic carbocycles. The summed E-state index contributed by atoms with van der Waals surface area (Å²) in [4.78, 5) is 28.5. The van der Waals surface area contributed by atoms with Crippen molar-refractivity contribution in [3.63, 3.8) is 0 Å². The Kier molecular flexibility index (Phi) is 9.36. The molecule has 1 unspecified atom stereocenters. The summed E-state index contributed by atoms with van der Waals surface area (Å²) >= 11 is 8.16. The van der Waals surface area contributed by atoms with Crippen LogP contribution in [0.15, 0.2) is 72.8 Å². The number of thioether (sulfide) groups is 1. The second-order valence-electron chi connectivity index (χ2n) is 9.44. The second kappa shape index (κ2) is 13.3. The quantitative estimate of drug-likeness (QED) is 0.250. The molecule has 2 heterocycles. The largest absolute Gasteiger partial charge is 0.497 e. The monoisotopic (exact) mass is 606 g/mol. The van der Waals surface area contributed by atoms with Crippen molar-refractivity contribution in [3.05, 3.63) is 88.9 Å². The van der Waals surface area contributed by atoms with Crippen LogP contribution < -0.4 is 19.7 Å². The third-order valence-corrected chi connectivity index (χ3v) is 8.42. The third-order valence-electron chi connectivity index (χ3n) is 6.87. The van der Waals surface area contributed by atoms with Crippen LogP contribution in [-0.2, 0) is 14.3 Å². The molecule has 11 heteroatoms. The van der Waals surface area contributed by atoms with Crippen LogP contribution in [0.25, 0.3) is 16.9 Å². The van der Waals surface area contributed by atoms with Gasteiger partial charge >= 0.3 is 0 Å². The van der Waals surface area contributed by atoms with Crippen LogP contribution in [0.2, 0.25) is 5.02 Å².